The molecule has 33 heavy (non-hydrogen) atoms. The first-order valence-electron chi connectivity index (χ1n) is 10.9. The summed E-state index contributed by atoms with van der Waals surface area (Å²) in [6, 6.07) is 11.1. The van der Waals surface area contributed by atoms with Gasteiger partial charge in [-0.1, -0.05) is 18.2 Å². The molecule has 2 N–H and O–H groups in total. The van der Waals surface area contributed by atoms with E-state index in [1.165, 1.54) is 0 Å². The van der Waals surface area contributed by atoms with E-state index in [4.69, 9.17) is 9.47 Å². The number of fused-ring (bicyclic) bond motifs is 1. The van der Waals surface area contributed by atoms with Crippen molar-refractivity contribution in [3.05, 3.63) is 88.2 Å². The van der Waals surface area contributed by atoms with E-state index in [1.807, 2.05) is 64.1 Å². The summed E-state index contributed by atoms with van der Waals surface area (Å²) in [6.45, 7) is 8.48. The number of carbonyl (C=O) groups excluding carboxylic acids is 1. The van der Waals surface area contributed by atoms with Gasteiger partial charge in [0.15, 0.2) is 5.60 Å². The second-order valence-corrected chi connectivity index (χ2v) is 8.57. The fraction of sp³-hybridized carbons (Fsp3) is 0.259. The quantitative estimate of drug-likeness (QED) is 0.566. The molecule has 6 nitrogen and oxygen atoms in total. The summed E-state index contributed by atoms with van der Waals surface area (Å²) >= 11 is 0. The van der Waals surface area contributed by atoms with Crippen LogP contribution in [-0.4, -0.2) is 28.2 Å². The Morgan fingerprint density at radius 2 is 1.88 bits per heavy atom. The predicted octanol–water partition coefficient (Wildman–Crippen LogP) is 4.89. The third-order valence-corrected chi connectivity index (χ3v) is 6.03. The third kappa shape index (κ3) is 4.70. The van der Waals surface area contributed by atoms with Crippen molar-refractivity contribution >= 4 is 12.0 Å². The molecule has 0 bridgehead atoms. The number of amides is 1. The molecule has 0 saturated heterocycles. The SMILES string of the molecule is Cc1c(C)c2c(c(C)c1O)C=CC(C)(COc1ccc(CNC(=O)c3cccnc3)cc1)O2. The van der Waals surface area contributed by atoms with Crippen molar-refractivity contribution in [2.75, 3.05) is 6.61 Å². The van der Waals surface area contributed by atoms with Crippen LogP contribution in [0.1, 0.15) is 45.1 Å². The Bertz CT molecular complexity index is 1200. The number of rotatable bonds is 6. The summed E-state index contributed by atoms with van der Waals surface area (Å²) < 4.78 is 12.4. The lowest BCUT2D eigenvalue weighted by Crippen LogP contribution is -2.39. The Morgan fingerprint density at radius 3 is 2.58 bits per heavy atom. The van der Waals surface area contributed by atoms with Gasteiger partial charge in [0.05, 0.1) is 5.56 Å². The van der Waals surface area contributed by atoms with Crippen molar-refractivity contribution in [1.82, 2.24) is 10.3 Å². The lowest BCUT2D eigenvalue weighted by Gasteiger charge is -2.33. The molecule has 0 fully saturated rings. The van der Waals surface area contributed by atoms with E-state index in [-0.39, 0.29) is 5.91 Å². The van der Waals surface area contributed by atoms with Gasteiger partial charge in [-0.25, -0.2) is 0 Å². The van der Waals surface area contributed by atoms with Crippen LogP contribution >= 0.6 is 0 Å². The number of nitrogens with zero attached hydrogens (tertiary/aromatic N) is 1. The first-order chi connectivity index (χ1) is 15.8. The maximum absolute atomic E-state index is 12.2. The molecule has 0 aliphatic carbocycles. The second kappa shape index (κ2) is 8.98. The zero-order valence-electron chi connectivity index (χ0n) is 19.3. The van der Waals surface area contributed by atoms with Crippen LogP contribution in [0.4, 0.5) is 0 Å². The molecular weight excluding hydrogens is 416 g/mol. The van der Waals surface area contributed by atoms with Gasteiger partial charge in [0, 0.05) is 30.1 Å². The number of hydrogen-bond acceptors (Lipinski definition) is 5. The molecule has 1 aliphatic heterocycles. The molecule has 4 rings (SSSR count). The summed E-state index contributed by atoms with van der Waals surface area (Å²) in [5, 5.41) is 13.2. The molecule has 2 heterocycles. The van der Waals surface area contributed by atoms with Crippen molar-refractivity contribution < 1.29 is 19.4 Å². The molecule has 0 spiro atoms. The molecule has 1 aromatic heterocycles. The maximum atomic E-state index is 12.2. The van der Waals surface area contributed by atoms with E-state index in [0.29, 0.717) is 24.5 Å². The molecule has 1 atom stereocenters. The van der Waals surface area contributed by atoms with E-state index in [2.05, 4.69) is 10.3 Å². The van der Waals surface area contributed by atoms with Crippen LogP contribution in [0, 0.1) is 20.8 Å². The zero-order valence-corrected chi connectivity index (χ0v) is 19.3. The number of pyridine rings is 1. The number of carbonyl (C=O) groups is 1. The molecule has 170 valence electrons. The van der Waals surface area contributed by atoms with Gasteiger partial charge in [-0.05, 0) is 74.7 Å². The number of benzene rings is 2. The molecule has 0 radical (unpaired) electrons. The molecule has 0 saturated carbocycles. The molecule has 1 unspecified atom stereocenters. The minimum Gasteiger partial charge on any atom is -0.507 e. The average Bonchev–Trinajstić information content (AvgIpc) is 2.84. The topological polar surface area (TPSA) is 80.7 Å². The molecule has 1 amide bonds. The molecular formula is C27H28N2O4. The van der Waals surface area contributed by atoms with E-state index in [1.54, 1.807) is 24.5 Å². The summed E-state index contributed by atoms with van der Waals surface area (Å²) in [7, 11) is 0. The van der Waals surface area contributed by atoms with Crippen LogP contribution in [0.2, 0.25) is 0 Å². The van der Waals surface area contributed by atoms with Crippen LogP contribution in [0.25, 0.3) is 6.08 Å². The van der Waals surface area contributed by atoms with E-state index in [9.17, 15) is 9.90 Å². The fourth-order valence-electron chi connectivity index (χ4n) is 3.78. The van der Waals surface area contributed by atoms with Crippen molar-refractivity contribution in [2.45, 2.75) is 39.8 Å². The smallest absolute Gasteiger partial charge is 0.253 e. The summed E-state index contributed by atoms with van der Waals surface area (Å²) in [5.41, 5.74) is 4.35. The third-order valence-electron chi connectivity index (χ3n) is 6.03. The molecule has 2 aromatic carbocycles. The predicted molar refractivity (Wildman–Crippen MR) is 128 cm³/mol. The largest absolute Gasteiger partial charge is 0.507 e. The molecule has 1 aliphatic rings. The van der Waals surface area contributed by atoms with Crippen LogP contribution in [0.15, 0.2) is 54.9 Å². The van der Waals surface area contributed by atoms with Gasteiger partial charge >= 0.3 is 0 Å². The first-order valence-corrected chi connectivity index (χ1v) is 10.9. The van der Waals surface area contributed by atoms with Crippen molar-refractivity contribution in [2.24, 2.45) is 0 Å². The highest BCUT2D eigenvalue weighted by atomic mass is 16.5. The number of hydrogen-bond donors (Lipinski definition) is 2. The molecule has 3 aromatic rings. The number of aromatic nitrogens is 1. The van der Waals surface area contributed by atoms with Gasteiger partial charge in [-0.15, -0.1) is 0 Å². The Balaban J connectivity index is 1.37. The van der Waals surface area contributed by atoms with Gasteiger partial charge in [-0.3, -0.25) is 9.78 Å². The Labute approximate surface area is 193 Å². The first kappa shape index (κ1) is 22.4. The maximum Gasteiger partial charge on any atom is 0.253 e. The highest BCUT2D eigenvalue weighted by Gasteiger charge is 2.31. The van der Waals surface area contributed by atoms with Crippen molar-refractivity contribution in [1.29, 1.82) is 0 Å². The van der Waals surface area contributed by atoms with Gasteiger partial charge in [0.2, 0.25) is 0 Å². The van der Waals surface area contributed by atoms with Gasteiger partial charge < -0.3 is 19.9 Å². The monoisotopic (exact) mass is 444 g/mol. The number of phenolic OH excluding ortho intramolecular Hbond substituents is 1. The highest BCUT2D eigenvalue weighted by Crippen LogP contribution is 2.42. The van der Waals surface area contributed by atoms with E-state index in [0.717, 1.165) is 39.3 Å². The zero-order chi connectivity index (χ0) is 23.6. The lowest BCUT2D eigenvalue weighted by atomic mass is 9.92. The fourth-order valence-corrected chi connectivity index (χ4v) is 3.78. The van der Waals surface area contributed by atoms with Gasteiger partial charge in [0.1, 0.15) is 23.9 Å². The van der Waals surface area contributed by atoms with Crippen LogP contribution in [0.3, 0.4) is 0 Å². The van der Waals surface area contributed by atoms with Crippen molar-refractivity contribution in [3.63, 3.8) is 0 Å². The minimum absolute atomic E-state index is 0.160. The second-order valence-electron chi connectivity index (χ2n) is 8.57. The Kier molecular flexibility index (Phi) is 6.09. The Morgan fingerprint density at radius 1 is 1.12 bits per heavy atom. The number of phenols is 1. The normalized spacial score (nSPS) is 16.6. The number of ether oxygens (including phenoxy) is 2. The standard InChI is InChI=1S/C27H28N2O4/c1-17-18(2)25-23(19(3)24(17)30)11-12-27(4,33-25)16-32-22-9-7-20(8-10-22)14-29-26(31)21-6-5-13-28-15-21/h5-13,15,30H,14,16H2,1-4H3,(H,29,31). The number of aromatic hydroxyl groups is 1. The van der Waals surface area contributed by atoms with E-state index < -0.39 is 5.60 Å². The van der Waals surface area contributed by atoms with Gasteiger partial charge in [0.25, 0.3) is 5.91 Å². The van der Waals surface area contributed by atoms with Gasteiger partial charge in [-0.2, -0.15) is 0 Å². The van der Waals surface area contributed by atoms with E-state index >= 15 is 0 Å². The van der Waals surface area contributed by atoms with Crippen LogP contribution < -0.4 is 14.8 Å². The number of nitrogens with one attached hydrogen (secondary N) is 1. The minimum atomic E-state index is -0.635. The highest BCUT2D eigenvalue weighted by molar-refractivity contribution is 5.93. The van der Waals surface area contributed by atoms with Crippen LogP contribution in [0.5, 0.6) is 17.2 Å². The summed E-state index contributed by atoms with van der Waals surface area (Å²) in [5.74, 6) is 1.66. The average molecular weight is 445 g/mol. The Hall–Kier alpha value is -3.80. The summed E-state index contributed by atoms with van der Waals surface area (Å²) in [6.07, 6.45) is 7.15. The molecule has 6 heteroatoms. The summed E-state index contributed by atoms with van der Waals surface area (Å²) in [4.78, 5) is 16.1. The van der Waals surface area contributed by atoms with Crippen molar-refractivity contribution in [3.8, 4) is 17.2 Å². The van der Waals surface area contributed by atoms with Crippen LogP contribution in [-0.2, 0) is 6.54 Å². The lowest BCUT2D eigenvalue weighted by molar-refractivity contribution is 0.0746.